The molecule has 0 bridgehead atoms. The van der Waals surface area contributed by atoms with Crippen LogP contribution in [0.3, 0.4) is 0 Å². The first-order valence-corrected chi connectivity index (χ1v) is 45.3. The van der Waals surface area contributed by atoms with Crippen LogP contribution in [-0.4, -0.2) is 96.7 Å². The van der Waals surface area contributed by atoms with Crippen molar-refractivity contribution in [3.8, 4) is 0 Å². The van der Waals surface area contributed by atoms with E-state index in [4.69, 9.17) is 37.0 Å². The number of aliphatic hydroxyl groups is 1. The quantitative estimate of drug-likeness (QED) is 0.0169. The minimum atomic E-state index is -5.02. The summed E-state index contributed by atoms with van der Waals surface area (Å²) in [5, 5.41) is 10.7. The lowest BCUT2D eigenvalue weighted by atomic mass is 10.1. The van der Waals surface area contributed by atoms with E-state index in [1.54, 1.807) is 0 Å². The standard InChI is InChI=1S/C93H148O17P2/c1-5-9-13-17-21-25-29-33-37-40-43-46-50-53-57-61-65-69-73-77-90(95)103-83-88(109-92(97)79-75-71-67-63-59-55-49-36-32-28-24-20-16-12-8-4)85-107-111(99,100)105-81-87(94)82-106-112(101,102)108-86-89(110-93(98)80-76-72-68-64-60-56-52-48-45-42-39-35-31-27-23-19-15-11-7-3)84-104-91(96)78-74-70-66-62-58-54-51-47-44-41-38-34-30-26-22-18-14-10-6-2/h9,11,13,15,21-23,25-27,33-39,43-49,53-54,56-58,60,65-66,69-70,87-89,94H,5-8,10,12,14,16-20,24,28-32,40-42,50-52,55,59,61-64,67-68,71-86H2,1-4H3,(H,99,100)(H,101,102)/b13-9-,15-11-,25-21-,26-22-,27-23-,37-33-,38-34-,39-35-,46-43-,47-44-,48-45-,49-36-,57-53-,58-54-,60-56-,69-65-,70-66-/t87-,88-,89-/m1/s1. The van der Waals surface area contributed by atoms with Crippen LogP contribution < -0.4 is 0 Å². The van der Waals surface area contributed by atoms with Crippen LogP contribution in [0.5, 0.6) is 0 Å². The lowest BCUT2D eigenvalue weighted by Gasteiger charge is -2.21. The molecule has 0 aromatic carbocycles. The second kappa shape index (κ2) is 82.6. The number of phosphoric acid groups is 2. The summed E-state index contributed by atoms with van der Waals surface area (Å²) in [5.74, 6) is -2.44. The van der Waals surface area contributed by atoms with E-state index in [0.29, 0.717) is 38.5 Å². The minimum Gasteiger partial charge on any atom is -0.462 e. The summed E-state index contributed by atoms with van der Waals surface area (Å²) in [5.41, 5.74) is 0. The third-order valence-corrected chi connectivity index (χ3v) is 18.6. The second-order valence-electron chi connectivity index (χ2n) is 27.3. The first-order valence-electron chi connectivity index (χ1n) is 42.3. The zero-order chi connectivity index (χ0) is 81.7. The fourth-order valence-electron chi connectivity index (χ4n) is 10.4. The summed E-state index contributed by atoms with van der Waals surface area (Å²) in [6, 6.07) is 0. The average Bonchev–Trinajstić information content (AvgIpc) is 0.898. The van der Waals surface area contributed by atoms with Gasteiger partial charge in [0.1, 0.15) is 19.3 Å². The van der Waals surface area contributed by atoms with Gasteiger partial charge in [0.2, 0.25) is 0 Å². The lowest BCUT2D eigenvalue weighted by molar-refractivity contribution is -0.161. The number of carbonyl (C=O) groups is 4. The normalized spacial score (nSPS) is 14.8. The van der Waals surface area contributed by atoms with E-state index in [2.05, 4.69) is 198 Å². The van der Waals surface area contributed by atoms with Crippen LogP contribution in [0.15, 0.2) is 207 Å². The Morgan fingerprint density at radius 3 is 0.786 bits per heavy atom. The highest BCUT2D eigenvalue weighted by molar-refractivity contribution is 7.47. The van der Waals surface area contributed by atoms with E-state index in [9.17, 15) is 43.2 Å². The summed E-state index contributed by atoms with van der Waals surface area (Å²) in [6.45, 7) is 4.38. The van der Waals surface area contributed by atoms with Gasteiger partial charge in [-0.2, -0.15) is 0 Å². The van der Waals surface area contributed by atoms with E-state index in [-0.39, 0.29) is 25.7 Å². The van der Waals surface area contributed by atoms with Gasteiger partial charge in [0.05, 0.1) is 26.4 Å². The Morgan fingerprint density at radius 2 is 0.482 bits per heavy atom. The molecular weight excluding hydrogens is 1450 g/mol. The molecule has 632 valence electrons. The molecule has 0 rings (SSSR count). The van der Waals surface area contributed by atoms with Gasteiger partial charge < -0.3 is 33.8 Å². The number of phosphoric ester groups is 2. The maximum atomic E-state index is 13.1. The van der Waals surface area contributed by atoms with Gasteiger partial charge in [-0.3, -0.25) is 37.3 Å². The van der Waals surface area contributed by atoms with Crippen LogP contribution in [0.4, 0.5) is 0 Å². The highest BCUT2D eigenvalue weighted by atomic mass is 31.2. The summed E-state index contributed by atoms with van der Waals surface area (Å²) in [7, 11) is -10.0. The summed E-state index contributed by atoms with van der Waals surface area (Å²) in [4.78, 5) is 73.2. The third kappa shape index (κ3) is 81.6. The molecule has 17 nitrogen and oxygen atoms in total. The molecule has 0 radical (unpaired) electrons. The number of carbonyl (C=O) groups excluding carboxylic acids is 4. The van der Waals surface area contributed by atoms with Crippen molar-refractivity contribution in [2.45, 2.75) is 316 Å². The summed E-state index contributed by atoms with van der Waals surface area (Å²) in [6.07, 6.45) is 104. The molecule has 0 aromatic heterocycles. The van der Waals surface area contributed by atoms with E-state index >= 15 is 0 Å². The van der Waals surface area contributed by atoms with Gasteiger partial charge in [-0.25, -0.2) is 9.13 Å². The summed E-state index contributed by atoms with van der Waals surface area (Å²) < 4.78 is 68.6. The molecule has 0 aliphatic carbocycles. The Morgan fingerprint density at radius 1 is 0.259 bits per heavy atom. The van der Waals surface area contributed by atoms with E-state index in [0.717, 1.165) is 148 Å². The molecule has 0 spiro atoms. The fourth-order valence-corrected chi connectivity index (χ4v) is 11.9. The van der Waals surface area contributed by atoms with Gasteiger partial charge in [-0.05, 0) is 173 Å². The summed E-state index contributed by atoms with van der Waals surface area (Å²) >= 11 is 0. The van der Waals surface area contributed by atoms with Crippen molar-refractivity contribution in [1.82, 2.24) is 0 Å². The van der Waals surface area contributed by atoms with E-state index in [1.807, 2.05) is 36.5 Å². The van der Waals surface area contributed by atoms with Crippen molar-refractivity contribution in [2.75, 3.05) is 39.6 Å². The molecular formula is C93H148O17P2. The van der Waals surface area contributed by atoms with Crippen molar-refractivity contribution < 1.29 is 80.2 Å². The number of unbranched alkanes of at least 4 members (excludes halogenated alkanes) is 17. The van der Waals surface area contributed by atoms with Crippen LogP contribution in [-0.2, 0) is 65.4 Å². The average molecular weight is 1600 g/mol. The maximum Gasteiger partial charge on any atom is 0.472 e. The van der Waals surface area contributed by atoms with Gasteiger partial charge >= 0.3 is 39.5 Å². The molecule has 0 aliphatic heterocycles. The van der Waals surface area contributed by atoms with Crippen LogP contribution in [0.2, 0.25) is 0 Å². The molecule has 19 heteroatoms. The molecule has 0 aliphatic rings. The molecule has 0 aromatic rings. The molecule has 0 saturated carbocycles. The number of aliphatic hydroxyl groups excluding tert-OH is 1. The van der Waals surface area contributed by atoms with Crippen molar-refractivity contribution >= 4 is 39.5 Å². The van der Waals surface area contributed by atoms with Gasteiger partial charge in [-0.1, -0.05) is 305 Å². The van der Waals surface area contributed by atoms with Crippen molar-refractivity contribution in [3.63, 3.8) is 0 Å². The van der Waals surface area contributed by atoms with Crippen LogP contribution in [0.1, 0.15) is 297 Å². The highest BCUT2D eigenvalue weighted by Crippen LogP contribution is 2.45. The first kappa shape index (κ1) is 106. The smallest absolute Gasteiger partial charge is 0.462 e. The predicted octanol–water partition coefficient (Wildman–Crippen LogP) is 25.4. The van der Waals surface area contributed by atoms with Gasteiger partial charge in [0.15, 0.2) is 12.2 Å². The third-order valence-electron chi connectivity index (χ3n) is 16.7. The fraction of sp³-hybridized carbons (Fsp3) is 0.591. The molecule has 0 heterocycles. The van der Waals surface area contributed by atoms with Gasteiger partial charge in [0, 0.05) is 25.7 Å². The Kier molecular flexibility index (Phi) is 77.9. The minimum absolute atomic E-state index is 0.0203. The Hall–Kier alpha value is -6.36. The van der Waals surface area contributed by atoms with E-state index < -0.39 is 97.5 Å². The molecule has 2 unspecified atom stereocenters. The Bertz CT molecular complexity index is 2940. The largest absolute Gasteiger partial charge is 0.472 e. The number of ether oxygens (including phenoxy) is 4. The predicted molar refractivity (Wildman–Crippen MR) is 463 cm³/mol. The number of esters is 4. The number of rotatable bonds is 77. The first-order chi connectivity index (χ1) is 54.7. The molecule has 0 saturated heterocycles. The molecule has 3 N–H and O–H groups in total. The number of allylic oxidation sites excluding steroid dienone is 34. The molecule has 0 fully saturated rings. The van der Waals surface area contributed by atoms with Crippen molar-refractivity contribution in [3.05, 3.63) is 207 Å². The zero-order valence-corrected chi connectivity index (χ0v) is 71.0. The SMILES string of the molecule is CC/C=C\C/C=C\C/C=C\C/C=C\C/C=C\C/C=C\CCC(=O)OC[C@H](COP(=O)(O)OC[C@@H](O)COP(=O)(O)OC[C@@H](COC(=O)CC/C=C\C/C=C\C/C=C\C/C=C\C/C=C\CCCCC)OC(=O)CCCCC/C=C\C/C=C\C/C=C\C/C=C\C/C=C\CC)OC(=O)CCCCCCC/C=C\CCCCCCCC. The topological polar surface area (TPSA) is 237 Å². The maximum absolute atomic E-state index is 13.1. The van der Waals surface area contributed by atoms with Crippen molar-refractivity contribution in [2.24, 2.45) is 0 Å². The molecule has 112 heavy (non-hydrogen) atoms. The highest BCUT2D eigenvalue weighted by Gasteiger charge is 2.30. The molecule has 5 atom stereocenters. The van der Waals surface area contributed by atoms with Gasteiger partial charge in [0.25, 0.3) is 0 Å². The van der Waals surface area contributed by atoms with Crippen LogP contribution in [0, 0.1) is 0 Å². The van der Waals surface area contributed by atoms with Crippen LogP contribution >= 0.6 is 15.6 Å². The number of hydrogen-bond donors (Lipinski definition) is 3. The van der Waals surface area contributed by atoms with E-state index in [1.165, 1.54) is 57.8 Å². The second-order valence-corrected chi connectivity index (χ2v) is 30.2. The van der Waals surface area contributed by atoms with Crippen LogP contribution in [0.25, 0.3) is 0 Å². The zero-order valence-electron chi connectivity index (χ0n) is 69.3. The molecule has 0 amide bonds. The monoisotopic (exact) mass is 1600 g/mol. The Balaban J connectivity index is 5.57. The lowest BCUT2D eigenvalue weighted by Crippen LogP contribution is -2.30. The van der Waals surface area contributed by atoms with Crippen molar-refractivity contribution in [1.29, 1.82) is 0 Å². The van der Waals surface area contributed by atoms with Gasteiger partial charge in [-0.15, -0.1) is 0 Å². The number of hydrogen-bond acceptors (Lipinski definition) is 15. The Labute approximate surface area is 678 Å².